The van der Waals surface area contributed by atoms with Crippen LogP contribution in [-0.2, 0) is 11.2 Å². The van der Waals surface area contributed by atoms with Crippen LogP contribution >= 0.6 is 0 Å². The summed E-state index contributed by atoms with van der Waals surface area (Å²) in [4.78, 5) is 11.6. The molecule has 2 aromatic rings. The van der Waals surface area contributed by atoms with Crippen molar-refractivity contribution < 1.29 is 14.6 Å². The van der Waals surface area contributed by atoms with Gasteiger partial charge in [-0.05, 0) is 30.4 Å². The molecule has 0 atom stereocenters. The standard InChI is InChI=1S/C16H16O3/c1-11(2)16(18)19-15-5-3-4-13-10-12(8-9-17)6-7-14(13)15/h3-7,10,17H,1,8-9H2,2H3. The van der Waals surface area contributed by atoms with E-state index in [0.717, 1.165) is 16.3 Å². The highest BCUT2D eigenvalue weighted by atomic mass is 16.5. The smallest absolute Gasteiger partial charge is 0.338 e. The zero-order valence-corrected chi connectivity index (χ0v) is 10.8. The van der Waals surface area contributed by atoms with E-state index >= 15 is 0 Å². The molecule has 0 unspecified atom stereocenters. The van der Waals surface area contributed by atoms with Gasteiger partial charge in [0, 0.05) is 17.6 Å². The van der Waals surface area contributed by atoms with Gasteiger partial charge in [0.15, 0.2) is 0 Å². The Morgan fingerprint density at radius 1 is 1.32 bits per heavy atom. The van der Waals surface area contributed by atoms with E-state index in [4.69, 9.17) is 9.84 Å². The Labute approximate surface area is 112 Å². The van der Waals surface area contributed by atoms with Crippen LogP contribution in [0, 0.1) is 0 Å². The molecule has 98 valence electrons. The van der Waals surface area contributed by atoms with Gasteiger partial charge in [-0.25, -0.2) is 4.79 Å². The molecule has 0 aromatic heterocycles. The molecule has 0 amide bonds. The molecule has 0 fully saturated rings. The summed E-state index contributed by atoms with van der Waals surface area (Å²) in [6.45, 7) is 5.31. The van der Waals surface area contributed by atoms with E-state index in [-0.39, 0.29) is 6.61 Å². The molecule has 0 heterocycles. The minimum absolute atomic E-state index is 0.121. The first-order valence-corrected chi connectivity index (χ1v) is 6.12. The molecule has 0 spiro atoms. The summed E-state index contributed by atoms with van der Waals surface area (Å²) in [5.41, 5.74) is 1.42. The Kier molecular flexibility index (Phi) is 3.97. The van der Waals surface area contributed by atoms with E-state index in [1.165, 1.54) is 0 Å². The molecule has 0 aliphatic rings. The number of esters is 1. The lowest BCUT2D eigenvalue weighted by Gasteiger charge is -2.08. The normalized spacial score (nSPS) is 10.4. The summed E-state index contributed by atoms with van der Waals surface area (Å²) in [7, 11) is 0. The molecule has 1 N–H and O–H groups in total. The van der Waals surface area contributed by atoms with Gasteiger partial charge >= 0.3 is 5.97 Å². The Hall–Kier alpha value is -2.13. The Morgan fingerprint density at radius 2 is 2.11 bits per heavy atom. The van der Waals surface area contributed by atoms with Crippen molar-refractivity contribution in [1.82, 2.24) is 0 Å². The lowest BCUT2D eigenvalue weighted by molar-refractivity contribution is -0.129. The second-order valence-corrected chi connectivity index (χ2v) is 4.46. The third-order valence-electron chi connectivity index (χ3n) is 2.86. The highest BCUT2D eigenvalue weighted by Gasteiger charge is 2.08. The topological polar surface area (TPSA) is 46.5 Å². The first kappa shape index (κ1) is 13.3. The first-order valence-electron chi connectivity index (χ1n) is 6.12. The predicted molar refractivity (Wildman–Crippen MR) is 75.2 cm³/mol. The van der Waals surface area contributed by atoms with Gasteiger partial charge in [0.1, 0.15) is 5.75 Å². The van der Waals surface area contributed by atoms with E-state index < -0.39 is 5.97 Å². The Bertz CT molecular complexity index is 629. The molecular formula is C16H16O3. The van der Waals surface area contributed by atoms with E-state index in [2.05, 4.69) is 6.58 Å². The number of ether oxygens (including phenoxy) is 1. The molecule has 2 rings (SSSR count). The van der Waals surface area contributed by atoms with Crippen LogP contribution in [0.3, 0.4) is 0 Å². The fraction of sp³-hybridized carbons (Fsp3) is 0.188. The number of rotatable bonds is 4. The molecule has 2 aromatic carbocycles. The van der Waals surface area contributed by atoms with Crippen LogP contribution in [0.5, 0.6) is 5.75 Å². The van der Waals surface area contributed by atoms with Gasteiger partial charge < -0.3 is 9.84 Å². The number of aliphatic hydroxyl groups is 1. The van der Waals surface area contributed by atoms with Crippen LogP contribution in [0.4, 0.5) is 0 Å². The van der Waals surface area contributed by atoms with Gasteiger partial charge in [0.05, 0.1) is 0 Å². The first-order chi connectivity index (χ1) is 9.11. The summed E-state index contributed by atoms with van der Waals surface area (Å²) in [5, 5.41) is 10.8. The van der Waals surface area contributed by atoms with Crippen LogP contribution in [-0.4, -0.2) is 17.7 Å². The van der Waals surface area contributed by atoms with Gasteiger partial charge in [-0.1, -0.05) is 36.9 Å². The van der Waals surface area contributed by atoms with Gasteiger partial charge in [0.2, 0.25) is 0 Å². The lowest BCUT2D eigenvalue weighted by Crippen LogP contribution is -2.08. The van der Waals surface area contributed by atoms with Crippen molar-refractivity contribution in [2.45, 2.75) is 13.3 Å². The summed E-state index contributed by atoms with van der Waals surface area (Å²) < 4.78 is 5.30. The molecule has 0 aliphatic carbocycles. The van der Waals surface area contributed by atoms with Gasteiger partial charge in [-0.2, -0.15) is 0 Å². The van der Waals surface area contributed by atoms with Crippen LogP contribution in [0.2, 0.25) is 0 Å². The predicted octanol–water partition coefficient (Wildman–Crippen LogP) is 2.86. The van der Waals surface area contributed by atoms with E-state index in [1.807, 2.05) is 30.3 Å². The molecule has 19 heavy (non-hydrogen) atoms. The number of benzene rings is 2. The second-order valence-electron chi connectivity index (χ2n) is 4.46. The highest BCUT2D eigenvalue weighted by molar-refractivity contribution is 5.94. The molecule has 0 saturated carbocycles. The number of carbonyl (C=O) groups is 1. The fourth-order valence-corrected chi connectivity index (χ4v) is 1.86. The monoisotopic (exact) mass is 256 g/mol. The maximum atomic E-state index is 11.6. The van der Waals surface area contributed by atoms with Crippen molar-refractivity contribution in [3.05, 3.63) is 54.1 Å². The van der Waals surface area contributed by atoms with E-state index in [0.29, 0.717) is 17.7 Å². The molecule has 0 aliphatic heterocycles. The minimum Gasteiger partial charge on any atom is -0.423 e. The van der Waals surface area contributed by atoms with Crippen molar-refractivity contribution in [1.29, 1.82) is 0 Å². The summed E-state index contributed by atoms with van der Waals surface area (Å²) >= 11 is 0. The SMILES string of the molecule is C=C(C)C(=O)Oc1cccc2cc(CCO)ccc12. The molecular weight excluding hydrogens is 240 g/mol. The molecule has 3 heteroatoms. The lowest BCUT2D eigenvalue weighted by atomic mass is 10.0. The quantitative estimate of drug-likeness (QED) is 0.520. The van der Waals surface area contributed by atoms with Gasteiger partial charge in [-0.15, -0.1) is 0 Å². The molecule has 3 nitrogen and oxygen atoms in total. The second kappa shape index (κ2) is 5.67. The van der Waals surface area contributed by atoms with Crippen molar-refractivity contribution >= 4 is 16.7 Å². The Morgan fingerprint density at radius 3 is 2.79 bits per heavy atom. The minimum atomic E-state index is -0.424. The van der Waals surface area contributed by atoms with Crippen LogP contribution < -0.4 is 4.74 Å². The van der Waals surface area contributed by atoms with Crippen LogP contribution in [0.1, 0.15) is 12.5 Å². The zero-order valence-electron chi connectivity index (χ0n) is 10.8. The van der Waals surface area contributed by atoms with E-state index in [9.17, 15) is 4.79 Å². The number of hydrogen-bond acceptors (Lipinski definition) is 3. The summed E-state index contributed by atoms with van der Waals surface area (Å²) in [6, 6.07) is 11.4. The summed E-state index contributed by atoms with van der Waals surface area (Å²) in [5.74, 6) is 0.105. The third kappa shape index (κ3) is 3.01. The number of aliphatic hydroxyl groups excluding tert-OH is 1. The Balaban J connectivity index is 2.40. The van der Waals surface area contributed by atoms with Gasteiger partial charge in [0.25, 0.3) is 0 Å². The zero-order chi connectivity index (χ0) is 13.8. The number of carbonyl (C=O) groups excluding carboxylic acids is 1. The van der Waals surface area contributed by atoms with Crippen LogP contribution in [0.15, 0.2) is 48.6 Å². The average molecular weight is 256 g/mol. The molecule has 0 saturated heterocycles. The van der Waals surface area contributed by atoms with E-state index in [1.54, 1.807) is 13.0 Å². The van der Waals surface area contributed by atoms with Crippen molar-refractivity contribution in [3.63, 3.8) is 0 Å². The largest absolute Gasteiger partial charge is 0.423 e. The summed E-state index contributed by atoms with van der Waals surface area (Å²) in [6.07, 6.45) is 0.617. The maximum Gasteiger partial charge on any atom is 0.338 e. The van der Waals surface area contributed by atoms with Gasteiger partial charge in [-0.3, -0.25) is 0 Å². The fourth-order valence-electron chi connectivity index (χ4n) is 1.86. The van der Waals surface area contributed by atoms with Crippen LogP contribution in [0.25, 0.3) is 10.8 Å². The molecule has 0 bridgehead atoms. The molecule has 0 radical (unpaired) electrons. The van der Waals surface area contributed by atoms with Crippen molar-refractivity contribution in [3.8, 4) is 5.75 Å². The number of fused-ring (bicyclic) bond motifs is 1. The van der Waals surface area contributed by atoms with Crippen molar-refractivity contribution in [2.75, 3.05) is 6.61 Å². The third-order valence-corrected chi connectivity index (χ3v) is 2.86. The highest BCUT2D eigenvalue weighted by Crippen LogP contribution is 2.27. The number of hydrogen-bond donors (Lipinski definition) is 1. The average Bonchev–Trinajstić information content (AvgIpc) is 2.39. The van der Waals surface area contributed by atoms with Crippen molar-refractivity contribution in [2.24, 2.45) is 0 Å². The maximum absolute atomic E-state index is 11.6.